The van der Waals surface area contributed by atoms with Crippen molar-refractivity contribution in [2.45, 2.75) is 12.8 Å². The maximum absolute atomic E-state index is 12.1. The van der Waals surface area contributed by atoms with E-state index < -0.39 is 23.4 Å². The third-order valence-corrected chi connectivity index (χ3v) is 3.13. The molecular formula is C12H14N2O5. The Morgan fingerprint density at radius 1 is 1.37 bits per heavy atom. The SMILES string of the molecule is O=C(O)[C@H]1CCCN(C(=O)c2cc(O)[nH]c(=O)c2)C1. The molecule has 0 bridgehead atoms. The summed E-state index contributed by atoms with van der Waals surface area (Å²) >= 11 is 0. The van der Waals surface area contributed by atoms with Gasteiger partial charge in [0.2, 0.25) is 0 Å². The fraction of sp³-hybridized carbons (Fsp3) is 0.417. The first-order valence-electron chi connectivity index (χ1n) is 5.93. The van der Waals surface area contributed by atoms with E-state index in [4.69, 9.17) is 5.11 Å². The van der Waals surface area contributed by atoms with Crippen molar-refractivity contribution in [3.8, 4) is 5.88 Å². The molecule has 1 aliphatic heterocycles. The van der Waals surface area contributed by atoms with Crippen molar-refractivity contribution in [2.75, 3.05) is 13.1 Å². The fourth-order valence-corrected chi connectivity index (χ4v) is 2.20. The minimum Gasteiger partial charge on any atom is -0.494 e. The van der Waals surface area contributed by atoms with Crippen LogP contribution in [0, 0.1) is 5.92 Å². The molecule has 0 aromatic carbocycles. The number of aromatic nitrogens is 1. The number of nitrogens with one attached hydrogen (secondary N) is 1. The van der Waals surface area contributed by atoms with Crippen LogP contribution >= 0.6 is 0 Å². The van der Waals surface area contributed by atoms with Gasteiger partial charge in [-0.3, -0.25) is 19.4 Å². The van der Waals surface area contributed by atoms with Gasteiger partial charge < -0.3 is 15.1 Å². The number of pyridine rings is 1. The maximum atomic E-state index is 12.1. The van der Waals surface area contributed by atoms with Crippen molar-refractivity contribution in [1.29, 1.82) is 0 Å². The molecule has 0 spiro atoms. The van der Waals surface area contributed by atoms with Gasteiger partial charge in [-0.1, -0.05) is 0 Å². The number of rotatable bonds is 2. The molecule has 7 nitrogen and oxygen atoms in total. The molecule has 2 rings (SSSR count). The number of amides is 1. The number of piperidine rings is 1. The van der Waals surface area contributed by atoms with Gasteiger partial charge in [-0.05, 0) is 12.8 Å². The number of carbonyl (C=O) groups is 2. The lowest BCUT2D eigenvalue weighted by Gasteiger charge is -2.30. The van der Waals surface area contributed by atoms with Crippen LogP contribution in [-0.2, 0) is 4.79 Å². The van der Waals surface area contributed by atoms with E-state index >= 15 is 0 Å². The number of hydrogen-bond donors (Lipinski definition) is 3. The summed E-state index contributed by atoms with van der Waals surface area (Å²) in [5.74, 6) is -2.32. The molecule has 1 aliphatic rings. The van der Waals surface area contributed by atoms with E-state index in [9.17, 15) is 19.5 Å². The van der Waals surface area contributed by atoms with Gasteiger partial charge in [0.05, 0.1) is 11.5 Å². The highest BCUT2D eigenvalue weighted by atomic mass is 16.4. The zero-order valence-electron chi connectivity index (χ0n) is 10.1. The highest BCUT2D eigenvalue weighted by molar-refractivity contribution is 5.94. The van der Waals surface area contributed by atoms with Crippen molar-refractivity contribution < 1.29 is 19.8 Å². The zero-order chi connectivity index (χ0) is 14.0. The third-order valence-electron chi connectivity index (χ3n) is 3.13. The summed E-state index contributed by atoms with van der Waals surface area (Å²) in [4.78, 5) is 37.8. The zero-order valence-corrected chi connectivity index (χ0v) is 10.1. The van der Waals surface area contributed by atoms with Gasteiger partial charge in [-0.2, -0.15) is 0 Å². The molecule has 19 heavy (non-hydrogen) atoms. The molecule has 1 saturated heterocycles. The molecule has 0 radical (unpaired) electrons. The standard InChI is InChI=1S/C12H14N2O5/c15-9-4-8(5-10(16)13-9)11(17)14-3-1-2-7(6-14)12(18)19/h4-5,7H,1-3,6H2,(H,18,19)(H2,13,15,16)/t7-/m0/s1. The Labute approximate surface area is 108 Å². The molecule has 1 fully saturated rings. The maximum Gasteiger partial charge on any atom is 0.308 e. The molecular weight excluding hydrogens is 252 g/mol. The molecule has 1 amide bonds. The summed E-state index contributed by atoms with van der Waals surface area (Å²) in [5.41, 5.74) is -0.512. The summed E-state index contributed by atoms with van der Waals surface area (Å²) in [6, 6.07) is 2.25. The Hall–Kier alpha value is -2.31. The van der Waals surface area contributed by atoms with E-state index in [-0.39, 0.29) is 18.0 Å². The van der Waals surface area contributed by atoms with Gasteiger partial charge in [0.1, 0.15) is 0 Å². The molecule has 1 atom stereocenters. The van der Waals surface area contributed by atoms with Crippen LogP contribution in [0.4, 0.5) is 0 Å². The summed E-state index contributed by atoms with van der Waals surface area (Å²) < 4.78 is 0. The van der Waals surface area contributed by atoms with Crippen LogP contribution < -0.4 is 5.56 Å². The molecule has 0 aliphatic carbocycles. The van der Waals surface area contributed by atoms with Crippen LogP contribution in [0.15, 0.2) is 16.9 Å². The van der Waals surface area contributed by atoms with Crippen molar-refractivity contribution in [2.24, 2.45) is 5.92 Å². The molecule has 1 aromatic heterocycles. The number of aliphatic carboxylic acids is 1. The molecule has 3 N–H and O–H groups in total. The quantitative estimate of drug-likeness (QED) is 0.698. The van der Waals surface area contributed by atoms with Crippen LogP contribution in [0.25, 0.3) is 0 Å². The number of carbonyl (C=O) groups excluding carboxylic acids is 1. The third kappa shape index (κ3) is 2.93. The van der Waals surface area contributed by atoms with Gasteiger partial charge in [0.15, 0.2) is 5.88 Å². The molecule has 1 aromatic rings. The minimum absolute atomic E-state index is 0.0623. The largest absolute Gasteiger partial charge is 0.494 e. The Morgan fingerprint density at radius 3 is 2.74 bits per heavy atom. The Morgan fingerprint density at radius 2 is 2.11 bits per heavy atom. The van der Waals surface area contributed by atoms with E-state index in [0.717, 1.165) is 12.1 Å². The molecule has 0 saturated carbocycles. The Kier molecular flexibility index (Phi) is 3.55. The van der Waals surface area contributed by atoms with Gasteiger partial charge in [0, 0.05) is 25.2 Å². The first kappa shape index (κ1) is 13.1. The van der Waals surface area contributed by atoms with E-state index in [0.29, 0.717) is 19.4 Å². The van der Waals surface area contributed by atoms with Crippen LogP contribution in [-0.4, -0.2) is 45.1 Å². The molecule has 2 heterocycles. The van der Waals surface area contributed by atoms with E-state index in [1.807, 2.05) is 0 Å². The number of hydrogen-bond acceptors (Lipinski definition) is 4. The number of carboxylic acid groups (broad SMARTS) is 1. The summed E-state index contributed by atoms with van der Waals surface area (Å²) in [6.07, 6.45) is 1.15. The van der Waals surface area contributed by atoms with Gasteiger partial charge >= 0.3 is 5.97 Å². The number of likely N-dealkylation sites (tertiary alicyclic amines) is 1. The smallest absolute Gasteiger partial charge is 0.308 e. The van der Waals surface area contributed by atoms with Crippen LogP contribution in [0.3, 0.4) is 0 Å². The predicted octanol–water partition coefficient (Wildman–Crippen LogP) is 0.0173. The van der Waals surface area contributed by atoms with Crippen molar-refractivity contribution in [3.63, 3.8) is 0 Å². The average Bonchev–Trinajstić information content (AvgIpc) is 2.37. The number of aromatic hydroxyl groups is 1. The van der Waals surface area contributed by atoms with E-state index in [1.54, 1.807) is 0 Å². The number of H-pyrrole nitrogens is 1. The second-order valence-electron chi connectivity index (χ2n) is 4.55. The number of aromatic amines is 1. The molecule has 102 valence electrons. The van der Waals surface area contributed by atoms with Crippen LogP contribution in [0.2, 0.25) is 0 Å². The molecule has 7 heteroatoms. The van der Waals surface area contributed by atoms with Crippen LogP contribution in [0.5, 0.6) is 5.88 Å². The second-order valence-corrected chi connectivity index (χ2v) is 4.55. The molecule has 0 unspecified atom stereocenters. The fourth-order valence-electron chi connectivity index (χ4n) is 2.20. The van der Waals surface area contributed by atoms with Crippen molar-refractivity contribution in [1.82, 2.24) is 9.88 Å². The second kappa shape index (κ2) is 5.13. The number of carboxylic acids is 1. The monoisotopic (exact) mass is 266 g/mol. The lowest BCUT2D eigenvalue weighted by molar-refractivity contribution is -0.143. The predicted molar refractivity (Wildman–Crippen MR) is 65.0 cm³/mol. The normalized spacial score (nSPS) is 19.2. The minimum atomic E-state index is -0.925. The highest BCUT2D eigenvalue weighted by Crippen LogP contribution is 2.19. The lowest BCUT2D eigenvalue weighted by atomic mass is 9.98. The van der Waals surface area contributed by atoms with E-state index in [1.165, 1.54) is 4.90 Å². The first-order valence-corrected chi connectivity index (χ1v) is 5.93. The Balaban J connectivity index is 2.19. The van der Waals surface area contributed by atoms with Crippen LogP contribution in [0.1, 0.15) is 23.2 Å². The van der Waals surface area contributed by atoms with E-state index in [2.05, 4.69) is 4.98 Å². The Bertz CT molecular complexity index is 565. The topological polar surface area (TPSA) is 111 Å². The summed E-state index contributed by atoms with van der Waals surface area (Å²) in [7, 11) is 0. The van der Waals surface area contributed by atoms with Gasteiger partial charge in [0.25, 0.3) is 11.5 Å². The van der Waals surface area contributed by atoms with Crippen molar-refractivity contribution in [3.05, 3.63) is 28.0 Å². The summed E-state index contributed by atoms with van der Waals surface area (Å²) in [6.45, 7) is 0.581. The number of nitrogens with zero attached hydrogens (tertiary/aromatic N) is 1. The first-order chi connectivity index (χ1) is 8.97. The highest BCUT2D eigenvalue weighted by Gasteiger charge is 2.28. The lowest BCUT2D eigenvalue weighted by Crippen LogP contribution is -2.42. The average molecular weight is 266 g/mol. The van der Waals surface area contributed by atoms with Gasteiger partial charge in [-0.25, -0.2) is 0 Å². The summed E-state index contributed by atoms with van der Waals surface area (Å²) in [5, 5.41) is 18.2. The van der Waals surface area contributed by atoms with Crippen molar-refractivity contribution >= 4 is 11.9 Å². The van der Waals surface area contributed by atoms with Gasteiger partial charge in [-0.15, -0.1) is 0 Å².